The van der Waals surface area contributed by atoms with Crippen molar-refractivity contribution in [3.05, 3.63) is 35.9 Å². The fraction of sp³-hybridized carbons (Fsp3) is 0.385. The minimum Gasteiger partial charge on any atom is -0.460 e. The van der Waals surface area contributed by atoms with E-state index in [0.29, 0.717) is 13.0 Å². The summed E-state index contributed by atoms with van der Waals surface area (Å²) in [7, 11) is 0. The van der Waals surface area contributed by atoms with Gasteiger partial charge in [0.25, 0.3) is 0 Å². The fourth-order valence-electron chi connectivity index (χ4n) is 1.84. The molecule has 1 fully saturated rings. The molecule has 2 rings (SSSR count). The van der Waals surface area contributed by atoms with Crippen LogP contribution in [0.15, 0.2) is 30.3 Å². The van der Waals surface area contributed by atoms with Crippen LogP contribution in [0.5, 0.6) is 0 Å². The van der Waals surface area contributed by atoms with E-state index in [9.17, 15) is 4.79 Å². The molecule has 2 unspecified atom stereocenters. The second-order valence-corrected chi connectivity index (χ2v) is 4.12. The molecule has 1 heterocycles. The summed E-state index contributed by atoms with van der Waals surface area (Å²) >= 11 is 0. The number of nitrogens with zero attached hydrogens (tertiary/aromatic N) is 1. The highest BCUT2D eigenvalue weighted by Crippen LogP contribution is 2.14. The van der Waals surface area contributed by atoms with Crippen molar-refractivity contribution < 1.29 is 9.53 Å². The predicted octanol–water partition coefficient (Wildman–Crippen LogP) is 1.23. The summed E-state index contributed by atoms with van der Waals surface area (Å²) in [5.41, 5.74) is 0.968. The molecule has 1 aliphatic rings. The van der Waals surface area contributed by atoms with E-state index in [0.717, 1.165) is 5.56 Å². The second kappa shape index (κ2) is 5.46. The number of ether oxygens (including phenoxy) is 1. The monoisotopic (exact) mass is 230 g/mol. The van der Waals surface area contributed by atoms with Crippen LogP contribution in [-0.2, 0) is 16.1 Å². The van der Waals surface area contributed by atoms with E-state index in [1.807, 2.05) is 30.3 Å². The van der Waals surface area contributed by atoms with E-state index in [1.54, 1.807) is 0 Å². The van der Waals surface area contributed by atoms with Gasteiger partial charge in [-0.2, -0.15) is 5.26 Å². The number of carbonyl (C=O) groups is 1. The van der Waals surface area contributed by atoms with Gasteiger partial charge in [-0.1, -0.05) is 30.3 Å². The van der Waals surface area contributed by atoms with Crippen LogP contribution < -0.4 is 5.32 Å². The Labute approximate surface area is 100 Å². The van der Waals surface area contributed by atoms with E-state index < -0.39 is 0 Å². The summed E-state index contributed by atoms with van der Waals surface area (Å²) in [4.78, 5) is 11.7. The molecule has 1 aliphatic heterocycles. The third kappa shape index (κ3) is 3.05. The molecule has 17 heavy (non-hydrogen) atoms. The largest absolute Gasteiger partial charge is 0.460 e. The number of rotatable bonds is 3. The average molecular weight is 230 g/mol. The van der Waals surface area contributed by atoms with Crippen molar-refractivity contribution >= 4 is 5.97 Å². The first-order chi connectivity index (χ1) is 8.29. The van der Waals surface area contributed by atoms with Gasteiger partial charge in [0.1, 0.15) is 12.6 Å². The molecule has 0 aromatic heterocycles. The SMILES string of the molecule is N#CC1CNC(C(=O)OCc2ccccc2)C1. The third-order valence-corrected chi connectivity index (χ3v) is 2.82. The lowest BCUT2D eigenvalue weighted by atomic mass is 10.1. The summed E-state index contributed by atoms with van der Waals surface area (Å²) in [6.07, 6.45) is 0.546. The molecular formula is C13H14N2O2. The van der Waals surface area contributed by atoms with E-state index in [2.05, 4.69) is 11.4 Å². The molecule has 0 bridgehead atoms. The normalized spacial score (nSPS) is 23.0. The van der Waals surface area contributed by atoms with Gasteiger partial charge in [0, 0.05) is 6.54 Å². The van der Waals surface area contributed by atoms with Gasteiger partial charge in [-0.25, -0.2) is 0 Å². The molecular weight excluding hydrogens is 216 g/mol. The van der Waals surface area contributed by atoms with Crippen LogP contribution in [0.4, 0.5) is 0 Å². The first kappa shape index (κ1) is 11.6. The van der Waals surface area contributed by atoms with Crippen molar-refractivity contribution in [3.8, 4) is 6.07 Å². The maximum Gasteiger partial charge on any atom is 0.323 e. The summed E-state index contributed by atoms with van der Waals surface area (Å²) in [5.74, 6) is -0.351. The summed E-state index contributed by atoms with van der Waals surface area (Å²) in [6, 6.07) is 11.4. The van der Waals surface area contributed by atoms with E-state index in [1.165, 1.54) is 0 Å². The zero-order chi connectivity index (χ0) is 12.1. The van der Waals surface area contributed by atoms with Crippen LogP contribution in [0.1, 0.15) is 12.0 Å². The van der Waals surface area contributed by atoms with Gasteiger partial charge in [0.2, 0.25) is 0 Å². The van der Waals surface area contributed by atoms with Crippen LogP contribution in [0.25, 0.3) is 0 Å². The molecule has 4 heteroatoms. The highest BCUT2D eigenvalue weighted by Gasteiger charge is 2.30. The smallest absolute Gasteiger partial charge is 0.323 e. The quantitative estimate of drug-likeness (QED) is 0.793. The van der Waals surface area contributed by atoms with Gasteiger partial charge in [0.05, 0.1) is 12.0 Å². The molecule has 1 N–H and O–H groups in total. The number of nitrogens with one attached hydrogen (secondary N) is 1. The molecule has 4 nitrogen and oxygen atoms in total. The van der Waals surface area contributed by atoms with E-state index in [4.69, 9.17) is 10.00 Å². The topological polar surface area (TPSA) is 62.1 Å². The number of carbonyl (C=O) groups excluding carboxylic acids is 1. The number of nitriles is 1. The second-order valence-electron chi connectivity index (χ2n) is 4.12. The Morgan fingerprint density at radius 3 is 2.88 bits per heavy atom. The Kier molecular flexibility index (Phi) is 3.73. The Hall–Kier alpha value is -1.86. The Morgan fingerprint density at radius 1 is 1.47 bits per heavy atom. The highest BCUT2D eigenvalue weighted by molar-refractivity contribution is 5.76. The third-order valence-electron chi connectivity index (χ3n) is 2.82. The minimum absolute atomic E-state index is 0.0794. The molecule has 0 saturated carbocycles. The summed E-state index contributed by atoms with van der Waals surface area (Å²) in [5, 5.41) is 11.7. The number of esters is 1. The van der Waals surface area contributed by atoms with Gasteiger partial charge in [-0.3, -0.25) is 4.79 Å². The van der Waals surface area contributed by atoms with E-state index >= 15 is 0 Å². The van der Waals surface area contributed by atoms with E-state index in [-0.39, 0.29) is 24.5 Å². The standard InChI is InChI=1S/C13H14N2O2/c14-7-11-6-12(15-8-11)13(16)17-9-10-4-2-1-3-5-10/h1-5,11-12,15H,6,8-9H2. The van der Waals surface area contributed by atoms with Crippen LogP contribution >= 0.6 is 0 Å². The maximum atomic E-state index is 11.7. The van der Waals surface area contributed by atoms with Gasteiger partial charge in [0.15, 0.2) is 0 Å². The van der Waals surface area contributed by atoms with Gasteiger partial charge in [-0.15, -0.1) is 0 Å². The number of benzene rings is 1. The number of hydrogen-bond acceptors (Lipinski definition) is 4. The van der Waals surface area contributed by atoms with Crippen LogP contribution in [0, 0.1) is 17.2 Å². The molecule has 0 amide bonds. The van der Waals surface area contributed by atoms with Crippen molar-refractivity contribution in [2.45, 2.75) is 19.1 Å². The van der Waals surface area contributed by atoms with Crippen molar-refractivity contribution in [2.75, 3.05) is 6.54 Å². The highest BCUT2D eigenvalue weighted by atomic mass is 16.5. The molecule has 1 aromatic carbocycles. The van der Waals surface area contributed by atoms with Gasteiger partial charge in [-0.05, 0) is 12.0 Å². The first-order valence-electron chi connectivity index (χ1n) is 5.63. The molecule has 2 atom stereocenters. The predicted molar refractivity (Wildman–Crippen MR) is 61.7 cm³/mol. The van der Waals surface area contributed by atoms with Crippen LogP contribution in [0.2, 0.25) is 0 Å². The zero-order valence-corrected chi connectivity index (χ0v) is 9.43. The molecule has 0 spiro atoms. The Morgan fingerprint density at radius 2 is 2.24 bits per heavy atom. The summed E-state index contributed by atoms with van der Waals surface area (Å²) in [6.45, 7) is 0.858. The molecule has 1 aromatic rings. The maximum absolute atomic E-state index is 11.7. The van der Waals surface area contributed by atoms with Crippen molar-refractivity contribution in [1.29, 1.82) is 5.26 Å². The summed E-state index contributed by atoms with van der Waals surface area (Å²) < 4.78 is 5.19. The average Bonchev–Trinajstić information content (AvgIpc) is 2.86. The fourth-order valence-corrected chi connectivity index (χ4v) is 1.84. The van der Waals surface area contributed by atoms with Crippen LogP contribution in [-0.4, -0.2) is 18.6 Å². The Bertz CT molecular complexity index is 425. The van der Waals surface area contributed by atoms with Gasteiger partial charge >= 0.3 is 5.97 Å². The number of hydrogen-bond donors (Lipinski definition) is 1. The molecule has 0 aliphatic carbocycles. The zero-order valence-electron chi connectivity index (χ0n) is 9.43. The molecule has 0 radical (unpaired) electrons. The van der Waals surface area contributed by atoms with Crippen molar-refractivity contribution in [3.63, 3.8) is 0 Å². The van der Waals surface area contributed by atoms with Crippen LogP contribution in [0.3, 0.4) is 0 Å². The Balaban J connectivity index is 1.81. The van der Waals surface area contributed by atoms with Crippen molar-refractivity contribution in [1.82, 2.24) is 5.32 Å². The first-order valence-corrected chi connectivity index (χ1v) is 5.63. The minimum atomic E-state index is -0.330. The van der Waals surface area contributed by atoms with Gasteiger partial charge < -0.3 is 10.1 Å². The molecule has 1 saturated heterocycles. The molecule has 88 valence electrons. The lowest BCUT2D eigenvalue weighted by molar-refractivity contribution is -0.147. The lowest BCUT2D eigenvalue weighted by Crippen LogP contribution is -2.32. The lowest BCUT2D eigenvalue weighted by Gasteiger charge is -2.10. The van der Waals surface area contributed by atoms with Crippen molar-refractivity contribution in [2.24, 2.45) is 5.92 Å².